The lowest BCUT2D eigenvalue weighted by atomic mass is 9.91. The Hall–Kier alpha value is -1.53. The second kappa shape index (κ2) is 6.95. The van der Waals surface area contributed by atoms with Crippen molar-refractivity contribution < 1.29 is 18.7 Å². The molecule has 0 spiro atoms. The van der Waals surface area contributed by atoms with Gasteiger partial charge in [0.05, 0.1) is 12.6 Å². The Morgan fingerprint density at radius 3 is 2.71 bits per heavy atom. The van der Waals surface area contributed by atoms with Crippen LogP contribution in [0, 0.1) is 11.6 Å². The third-order valence-electron chi connectivity index (χ3n) is 3.86. The molecule has 0 aliphatic heterocycles. The highest BCUT2D eigenvalue weighted by Crippen LogP contribution is 2.22. The normalized spacial score (nSPS) is 22.3. The number of carbonyl (C=O) groups excluding carboxylic acids is 1. The average Bonchev–Trinajstić information content (AvgIpc) is 2.43. The molecule has 1 aliphatic rings. The van der Waals surface area contributed by atoms with Gasteiger partial charge in [-0.2, -0.15) is 0 Å². The van der Waals surface area contributed by atoms with Gasteiger partial charge in [0.2, 0.25) is 5.91 Å². The van der Waals surface area contributed by atoms with Crippen molar-refractivity contribution in [3.05, 3.63) is 29.8 Å². The molecule has 1 aromatic rings. The molecule has 2 rings (SSSR count). The molecule has 0 radical (unpaired) electrons. The summed E-state index contributed by atoms with van der Waals surface area (Å²) in [6.07, 6.45) is 3.24. The van der Waals surface area contributed by atoms with Crippen molar-refractivity contribution in [3.63, 3.8) is 0 Å². The summed E-state index contributed by atoms with van der Waals surface area (Å²) in [6, 6.07) is 3.20. The van der Waals surface area contributed by atoms with Crippen molar-refractivity contribution in [2.45, 2.75) is 37.8 Å². The van der Waals surface area contributed by atoms with Gasteiger partial charge in [0.25, 0.3) is 0 Å². The van der Waals surface area contributed by atoms with E-state index >= 15 is 0 Å². The molecule has 1 aromatic carbocycles. The second-order valence-electron chi connectivity index (χ2n) is 5.51. The third-order valence-corrected chi connectivity index (χ3v) is 3.86. The molecule has 2 atom stereocenters. The van der Waals surface area contributed by atoms with E-state index in [1.54, 1.807) is 11.9 Å². The molecule has 21 heavy (non-hydrogen) atoms. The molecular weight excluding hydrogens is 278 g/mol. The highest BCUT2D eigenvalue weighted by molar-refractivity contribution is 5.92. The van der Waals surface area contributed by atoms with Crippen molar-refractivity contribution in [2.75, 3.05) is 18.9 Å². The summed E-state index contributed by atoms with van der Waals surface area (Å²) in [7, 11) is 1.78. The monoisotopic (exact) mass is 298 g/mol. The Morgan fingerprint density at radius 2 is 2.05 bits per heavy atom. The van der Waals surface area contributed by atoms with Crippen LogP contribution in [-0.4, -0.2) is 41.7 Å². The second-order valence-corrected chi connectivity index (χ2v) is 5.51. The molecule has 2 unspecified atom stereocenters. The van der Waals surface area contributed by atoms with Gasteiger partial charge in [0.1, 0.15) is 0 Å². The number of anilines is 1. The predicted octanol–water partition coefficient (Wildman–Crippen LogP) is 2.14. The van der Waals surface area contributed by atoms with E-state index in [0.29, 0.717) is 0 Å². The Labute approximate surface area is 122 Å². The van der Waals surface area contributed by atoms with Crippen molar-refractivity contribution in [3.8, 4) is 0 Å². The SMILES string of the molecule is CN(CC(=O)Nc1ccc(F)c(F)c1)C1CCCCC1O. The van der Waals surface area contributed by atoms with Crippen LogP contribution in [0.4, 0.5) is 14.5 Å². The van der Waals surface area contributed by atoms with E-state index in [2.05, 4.69) is 5.32 Å². The minimum Gasteiger partial charge on any atom is -0.391 e. The van der Waals surface area contributed by atoms with Crippen molar-refractivity contribution >= 4 is 11.6 Å². The Bertz CT molecular complexity index is 510. The van der Waals surface area contributed by atoms with Crippen LogP contribution in [0.1, 0.15) is 25.7 Å². The van der Waals surface area contributed by atoms with Gasteiger partial charge in [-0.1, -0.05) is 12.8 Å². The first kappa shape index (κ1) is 15.9. The van der Waals surface area contributed by atoms with Crippen molar-refractivity contribution in [2.24, 2.45) is 0 Å². The summed E-state index contributed by atoms with van der Waals surface area (Å²) in [6.45, 7) is 0.0979. The van der Waals surface area contributed by atoms with E-state index in [0.717, 1.165) is 37.8 Å². The number of likely N-dealkylation sites (N-methyl/N-ethyl adjacent to an activating group) is 1. The van der Waals surface area contributed by atoms with Crippen LogP contribution in [0.5, 0.6) is 0 Å². The standard InChI is InChI=1S/C15H20F2N2O2/c1-19(13-4-2-3-5-14(13)20)9-15(21)18-10-6-7-11(16)12(17)8-10/h6-8,13-14,20H,2-5,9H2,1H3,(H,18,21). The van der Waals surface area contributed by atoms with Crippen molar-refractivity contribution in [1.29, 1.82) is 0 Å². The summed E-state index contributed by atoms with van der Waals surface area (Å²) < 4.78 is 25.9. The molecule has 0 bridgehead atoms. The smallest absolute Gasteiger partial charge is 0.238 e. The maximum absolute atomic E-state index is 13.1. The van der Waals surface area contributed by atoms with Crippen LogP contribution in [0.15, 0.2) is 18.2 Å². The van der Waals surface area contributed by atoms with Gasteiger partial charge in [-0.25, -0.2) is 8.78 Å². The predicted molar refractivity (Wildman–Crippen MR) is 75.9 cm³/mol. The van der Waals surface area contributed by atoms with Gasteiger partial charge >= 0.3 is 0 Å². The first-order valence-corrected chi connectivity index (χ1v) is 7.10. The van der Waals surface area contributed by atoms with E-state index in [4.69, 9.17) is 0 Å². The zero-order valence-corrected chi connectivity index (χ0v) is 12.0. The summed E-state index contributed by atoms with van der Waals surface area (Å²) in [5.74, 6) is -2.26. The topological polar surface area (TPSA) is 52.6 Å². The number of hydrogen-bond acceptors (Lipinski definition) is 3. The van der Waals surface area contributed by atoms with Gasteiger partial charge in [0.15, 0.2) is 11.6 Å². The van der Waals surface area contributed by atoms with Crippen LogP contribution < -0.4 is 5.32 Å². The van der Waals surface area contributed by atoms with Crippen LogP contribution >= 0.6 is 0 Å². The van der Waals surface area contributed by atoms with E-state index < -0.39 is 17.7 Å². The number of aliphatic hydroxyl groups is 1. The van der Waals surface area contributed by atoms with E-state index in [9.17, 15) is 18.7 Å². The van der Waals surface area contributed by atoms with E-state index in [1.807, 2.05) is 0 Å². The maximum atomic E-state index is 13.1. The zero-order valence-electron chi connectivity index (χ0n) is 12.0. The van der Waals surface area contributed by atoms with Crippen LogP contribution in [0.3, 0.4) is 0 Å². The van der Waals surface area contributed by atoms with Gasteiger partial charge < -0.3 is 10.4 Å². The van der Waals surface area contributed by atoms with E-state index in [1.165, 1.54) is 6.07 Å². The minimum atomic E-state index is -0.996. The molecule has 4 nitrogen and oxygen atoms in total. The molecule has 6 heteroatoms. The molecule has 0 aromatic heterocycles. The van der Waals surface area contributed by atoms with Crippen LogP contribution in [-0.2, 0) is 4.79 Å². The van der Waals surface area contributed by atoms with Crippen LogP contribution in [0.25, 0.3) is 0 Å². The third kappa shape index (κ3) is 4.22. The summed E-state index contributed by atoms with van der Waals surface area (Å²) >= 11 is 0. The zero-order chi connectivity index (χ0) is 15.4. The Morgan fingerprint density at radius 1 is 1.33 bits per heavy atom. The Balaban J connectivity index is 1.90. The first-order chi connectivity index (χ1) is 9.97. The average molecular weight is 298 g/mol. The molecule has 0 saturated heterocycles. The molecule has 2 N–H and O–H groups in total. The minimum absolute atomic E-state index is 0.0329. The number of carbonyl (C=O) groups is 1. The number of rotatable bonds is 4. The fraction of sp³-hybridized carbons (Fsp3) is 0.533. The quantitative estimate of drug-likeness (QED) is 0.895. The van der Waals surface area contributed by atoms with Gasteiger partial charge in [-0.05, 0) is 32.0 Å². The Kier molecular flexibility index (Phi) is 5.25. The highest BCUT2D eigenvalue weighted by atomic mass is 19.2. The first-order valence-electron chi connectivity index (χ1n) is 7.10. The lowest BCUT2D eigenvalue weighted by Crippen LogP contribution is -2.46. The number of hydrogen-bond donors (Lipinski definition) is 2. The van der Waals surface area contributed by atoms with Crippen molar-refractivity contribution in [1.82, 2.24) is 4.90 Å². The molecule has 0 heterocycles. The number of amides is 1. The number of halogens is 2. The molecule has 1 amide bonds. The maximum Gasteiger partial charge on any atom is 0.238 e. The summed E-state index contributed by atoms with van der Waals surface area (Å²) in [5.41, 5.74) is 0.219. The fourth-order valence-corrected chi connectivity index (χ4v) is 2.72. The van der Waals surface area contributed by atoms with Gasteiger partial charge in [-0.15, -0.1) is 0 Å². The fourth-order valence-electron chi connectivity index (χ4n) is 2.72. The lowest BCUT2D eigenvalue weighted by Gasteiger charge is -2.34. The molecule has 116 valence electrons. The van der Waals surface area contributed by atoms with Crippen LogP contribution in [0.2, 0.25) is 0 Å². The molecule has 1 saturated carbocycles. The van der Waals surface area contributed by atoms with Gasteiger partial charge in [0, 0.05) is 17.8 Å². The number of nitrogens with one attached hydrogen (secondary N) is 1. The number of benzene rings is 1. The number of nitrogens with zero attached hydrogens (tertiary/aromatic N) is 1. The lowest BCUT2D eigenvalue weighted by molar-refractivity contribution is -0.118. The molecular formula is C15H20F2N2O2. The van der Waals surface area contributed by atoms with E-state index in [-0.39, 0.29) is 24.2 Å². The summed E-state index contributed by atoms with van der Waals surface area (Å²) in [5, 5.41) is 12.5. The largest absolute Gasteiger partial charge is 0.391 e. The highest BCUT2D eigenvalue weighted by Gasteiger charge is 2.27. The number of aliphatic hydroxyl groups excluding tert-OH is 1. The summed E-state index contributed by atoms with van der Waals surface area (Å²) in [4.78, 5) is 13.7. The van der Waals surface area contributed by atoms with Gasteiger partial charge in [-0.3, -0.25) is 9.69 Å². The molecule has 1 fully saturated rings. The molecule has 1 aliphatic carbocycles.